The summed E-state index contributed by atoms with van der Waals surface area (Å²) in [5.74, 6) is 0.112. The van der Waals surface area contributed by atoms with Gasteiger partial charge in [0.05, 0.1) is 17.0 Å². The first kappa shape index (κ1) is 35.3. The molecule has 0 bridgehead atoms. The van der Waals surface area contributed by atoms with Crippen LogP contribution in [-0.4, -0.2) is 91.4 Å². The molecule has 2 amide bonds. The maximum atomic E-state index is 13.8. The molecule has 0 aromatic heterocycles. The van der Waals surface area contributed by atoms with Gasteiger partial charge in [0.15, 0.2) is 0 Å². The fraction of sp³-hybridized carbons (Fsp3) is 0.611. The van der Waals surface area contributed by atoms with Crippen LogP contribution in [0.5, 0.6) is 0 Å². The maximum Gasteiger partial charge on any atom is 0.407 e. The maximum absolute atomic E-state index is 13.8. The molecule has 4 atom stereocenters. The molecule has 2 heterocycles. The van der Waals surface area contributed by atoms with Crippen molar-refractivity contribution >= 4 is 22.0 Å². The number of benzene rings is 2. The van der Waals surface area contributed by atoms with E-state index in [1.165, 1.54) is 4.31 Å². The van der Waals surface area contributed by atoms with Crippen LogP contribution in [-0.2, 0) is 19.5 Å². The van der Waals surface area contributed by atoms with Gasteiger partial charge in [-0.3, -0.25) is 4.79 Å². The highest BCUT2D eigenvalue weighted by molar-refractivity contribution is 7.89. The Labute approximate surface area is 279 Å². The fourth-order valence-corrected chi connectivity index (χ4v) is 8.96. The summed E-state index contributed by atoms with van der Waals surface area (Å²) in [4.78, 5) is 28.5. The zero-order valence-electron chi connectivity index (χ0n) is 28.0. The number of carbonyl (C=O) groups is 2. The van der Waals surface area contributed by atoms with Gasteiger partial charge in [-0.1, -0.05) is 49.7 Å². The first-order valence-corrected chi connectivity index (χ1v) is 18.6. The van der Waals surface area contributed by atoms with Crippen LogP contribution < -0.4 is 5.32 Å². The highest BCUT2D eigenvalue weighted by Gasteiger charge is 2.49. The van der Waals surface area contributed by atoms with Gasteiger partial charge in [0.25, 0.3) is 5.91 Å². The van der Waals surface area contributed by atoms with Crippen LogP contribution in [0.25, 0.3) is 0 Å². The smallest absolute Gasteiger partial charge is 0.407 e. The number of ether oxygens (including phenoxy) is 2. The SMILES string of the molecule is Cc1ccc(S(=O)(=O)N(CC(C)C)C[C@@H](O)C(CC2CCN(C(=O)c3ccccc3)CC2)NC(=O)OC2CCCC23CCCO3)cc1. The molecule has 2 saturated heterocycles. The molecule has 5 rings (SSSR count). The first-order valence-electron chi connectivity index (χ1n) is 17.2. The van der Waals surface area contributed by atoms with Crippen LogP contribution in [0.15, 0.2) is 59.5 Å². The Hall–Kier alpha value is -2.99. The predicted octanol–water partition coefficient (Wildman–Crippen LogP) is 5.14. The lowest BCUT2D eigenvalue weighted by atomic mass is 9.88. The Kier molecular flexibility index (Phi) is 11.6. The number of carbonyl (C=O) groups excluding carboxylic acids is 2. The van der Waals surface area contributed by atoms with E-state index in [0.717, 1.165) is 37.7 Å². The molecule has 1 spiro atoms. The van der Waals surface area contributed by atoms with E-state index in [1.54, 1.807) is 24.3 Å². The number of alkyl carbamates (subject to hydrolysis) is 1. The summed E-state index contributed by atoms with van der Waals surface area (Å²) in [7, 11) is -3.91. The van der Waals surface area contributed by atoms with E-state index >= 15 is 0 Å². The molecular weight excluding hydrogens is 618 g/mol. The Balaban J connectivity index is 1.30. The molecule has 2 aromatic rings. The second-order valence-electron chi connectivity index (χ2n) is 14.0. The summed E-state index contributed by atoms with van der Waals surface area (Å²) < 4.78 is 40.9. The fourth-order valence-electron chi connectivity index (χ4n) is 7.34. The van der Waals surface area contributed by atoms with Crippen molar-refractivity contribution in [3.63, 3.8) is 0 Å². The Morgan fingerprint density at radius 1 is 1.02 bits per heavy atom. The van der Waals surface area contributed by atoms with Gasteiger partial charge in [-0.05, 0) is 94.4 Å². The number of amides is 2. The van der Waals surface area contributed by atoms with Crippen molar-refractivity contribution in [2.24, 2.45) is 11.8 Å². The van der Waals surface area contributed by atoms with E-state index in [-0.39, 0.29) is 41.8 Å². The third-order valence-electron chi connectivity index (χ3n) is 9.93. The lowest BCUT2D eigenvalue weighted by Gasteiger charge is -2.36. The zero-order valence-corrected chi connectivity index (χ0v) is 28.8. The van der Waals surface area contributed by atoms with Crippen molar-refractivity contribution in [3.05, 3.63) is 65.7 Å². The number of piperidine rings is 1. The molecule has 3 aliphatic rings. The number of rotatable bonds is 12. The topological polar surface area (TPSA) is 125 Å². The van der Waals surface area contributed by atoms with Gasteiger partial charge >= 0.3 is 6.09 Å². The molecule has 10 nitrogen and oxygen atoms in total. The van der Waals surface area contributed by atoms with E-state index < -0.39 is 33.9 Å². The van der Waals surface area contributed by atoms with Crippen LogP contribution in [0.3, 0.4) is 0 Å². The number of likely N-dealkylation sites (tertiary alicyclic amines) is 1. The number of nitrogens with one attached hydrogen (secondary N) is 1. The Bertz CT molecular complexity index is 1430. The van der Waals surface area contributed by atoms with Gasteiger partial charge in [-0.15, -0.1) is 0 Å². The highest BCUT2D eigenvalue weighted by atomic mass is 32.2. The summed E-state index contributed by atoms with van der Waals surface area (Å²) >= 11 is 0. The largest absolute Gasteiger partial charge is 0.443 e. The van der Waals surface area contributed by atoms with Gasteiger partial charge < -0.3 is 24.8 Å². The van der Waals surface area contributed by atoms with E-state index in [9.17, 15) is 23.1 Å². The lowest BCUT2D eigenvalue weighted by molar-refractivity contribution is -0.0760. The summed E-state index contributed by atoms with van der Waals surface area (Å²) in [5.41, 5.74) is 1.17. The normalized spacial score (nSPS) is 23.4. The third kappa shape index (κ3) is 8.73. The molecule has 2 aliphatic heterocycles. The van der Waals surface area contributed by atoms with Gasteiger partial charge in [0.1, 0.15) is 11.7 Å². The number of aliphatic hydroxyl groups excluding tert-OH is 1. The van der Waals surface area contributed by atoms with E-state index in [4.69, 9.17) is 9.47 Å². The van der Waals surface area contributed by atoms with Crippen molar-refractivity contribution < 1.29 is 32.6 Å². The number of nitrogens with zero attached hydrogens (tertiary/aromatic N) is 2. The van der Waals surface area contributed by atoms with Gasteiger partial charge in [-0.2, -0.15) is 4.31 Å². The predicted molar refractivity (Wildman–Crippen MR) is 179 cm³/mol. The minimum atomic E-state index is -3.91. The lowest BCUT2D eigenvalue weighted by Crippen LogP contribution is -2.52. The average Bonchev–Trinajstić information content (AvgIpc) is 3.69. The molecule has 3 fully saturated rings. The van der Waals surface area contributed by atoms with Crippen molar-refractivity contribution in [2.75, 3.05) is 32.8 Å². The zero-order chi connectivity index (χ0) is 33.6. The number of aryl methyl sites for hydroxylation is 1. The van der Waals surface area contributed by atoms with Gasteiger partial charge in [-0.25, -0.2) is 13.2 Å². The highest BCUT2D eigenvalue weighted by Crippen LogP contribution is 2.42. The number of aliphatic hydroxyl groups is 1. The summed E-state index contributed by atoms with van der Waals surface area (Å²) in [6.07, 6.45) is 3.98. The summed E-state index contributed by atoms with van der Waals surface area (Å²) in [6, 6.07) is 15.2. The van der Waals surface area contributed by atoms with Crippen molar-refractivity contribution in [2.45, 2.75) is 101 Å². The van der Waals surface area contributed by atoms with Crippen LogP contribution >= 0.6 is 0 Å². The third-order valence-corrected chi connectivity index (χ3v) is 11.8. The standard InChI is InChI=1S/C36H51N3O7S/c1-26(2)24-39(47(43,44)30-14-12-27(3)13-15-30)25-32(40)31(37-35(42)46-33-11-7-18-36(33)19-8-22-45-36)23-28-16-20-38(21-17-28)34(41)29-9-5-4-6-10-29/h4-6,9-10,12-15,26,28,31-33,40H,7-8,11,16-25H2,1-3H3,(H,37,42)/t31?,32-,33?,36?/m1/s1. The first-order chi connectivity index (χ1) is 22.5. The molecule has 258 valence electrons. The van der Waals surface area contributed by atoms with E-state index in [1.807, 2.05) is 56.0 Å². The van der Waals surface area contributed by atoms with Gasteiger partial charge in [0.2, 0.25) is 10.0 Å². The van der Waals surface area contributed by atoms with Gasteiger partial charge in [0, 0.05) is 38.3 Å². The molecule has 0 radical (unpaired) electrons. The molecule has 2 aromatic carbocycles. The minimum Gasteiger partial charge on any atom is -0.443 e. The average molecular weight is 670 g/mol. The van der Waals surface area contributed by atoms with Crippen LogP contribution in [0.1, 0.15) is 81.1 Å². The van der Waals surface area contributed by atoms with Crippen molar-refractivity contribution in [3.8, 4) is 0 Å². The summed E-state index contributed by atoms with van der Waals surface area (Å²) in [6.45, 7) is 7.59. The second kappa shape index (κ2) is 15.5. The number of hydrogen-bond donors (Lipinski definition) is 2. The minimum absolute atomic E-state index is 0.00685. The van der Waals surface area contributed by atoms with Crippen molar-refractivity contribution in [1.29, 1.82) is 0 Å². The number of hydrogen-bond acceptors (Lipinski definition) is 7. The van der Waals surface area contributed by atoms with E-state index in [0.29, 0.717) is 44.5 Å². The van der Waals surface area contributed by atoms with E-state index in [2.05, 4.69) is 5.32 Å². The second-order valence-corrected chi connectivity index (χ2v) is 15.9. The van der Waals surface area contributed by atoms with Crippen LogP contribution in [0.4, 0.5) is 4.79 Å². The number of sulfonamides is 1. The molecule has 2 N–H and O–H groups in total. The quantitative estimate of drug-likeness (QED) is 0.321. The monoisotopic (exact) mass is 669 g/mol. The molecule has 11 heteroatoms. The molecule has 47 heavy (non-hydrogen) atoms. The van der Waals surface area contributed by atoms with Crippen LogP contribution in [0, 0.1) is 18.8 Å². The van der Waals surface area contributed by atoms with Crippen LogP contribution in [0.2, 0.25) is 0 Å². The molecule has 3 unspecified atom stereocenters. The Morgan fingerprint density at radius 3 is 2.34 bits per heavy atom. The molecule has 1 aliphatic carbocycles. The Morgan fingerprint density at radius 2 is 1.70 bits per heavy atom. The molecular formula is C36H51N3O7S. The molecule has 1 saturated carbocycles. The summed E-state index contributed by atoms with van der Waals surface area (Å²) in [5, 5.41) is 14.7. The van der Waals surface area contributed by atoms with Crippen molar-refractivity contribution in [1.82, 2.24) is 14.5 Å².